The smallest absolute Gasteiger partial charge is 0.256 e. The van der Waals surface area contributed by atoms with E-state index in [1.54, 1.807) is 19.3 Å². The molecule has 1 aromatic heterocycles. The lowest BCUT2D eigenvalue weighted by molar-refractivity contribution is 0.0710. The second-order valence-corrected chi connectivity index (χ2v) is 8.54. The Labute approximate surface area is 189 Å². The fraction of sp³-hybridized carbons (Fsp3) is 0.458. The minimum absolute atomic E-state index is 0.0187. The van der Waals surface area contributed by atoms with Crippen molar-refractivity contribution in [2.45, 2.75) is 59.0 Å². The van der Waals surface area contributed by atoms with Gasteiger partial charge in [-0.05, 0) is 59.1 Å². The Balaban J connectivity index is 1.55. The summed E-state index contributed by atoms with van der Waals surface area (Å²) in [6.45, 7) is 11.7. The zero-order valence-corrected chi connectivity index (χ0v) is 19.2. The molecular weight excluding hydrogens is 404 g/mol. The number of nitrogens with zero attached hydrogens (tertiary/aromatic N) is 6. The van der Waals surface area contributed by atoms with E-state index in [1.807, 2.05) is 39.0 Å². The summed E-state index contributed by atoms with van der Waals surface area (Å²) >= 11 is 0. The first-order valence-electron chi connectivity index (χ1n) is 11.0. The molecular formula is C24H30N6O2. The van der Waals surface area contributed by atoms with Crippen molar-refractivity contribution < 1.29 is 9.53 Å². The van der Waals surface area contributed by atoms with Crippen molar-refractivity contribution in [1.82, 2.24) is 14.9 Å². The first-order valence-corrected chi connectivity index (χ1v) is 11.0. The molecule has 2 fully saturated rings. The Morgan fingerprint density at radius 2 is 2.16 bits per heavy atom. The first-order chi connectivity index (χ1) is 15.4. The van der Waals surface area contributed by atoms with Gasteiger partial charge in [-0.15, -0.1) is 0 Å². The molecule has 8 nitrogen and oxygen atoms in total. The molecule has 0 radical (unpaired) electrons. The van der Waals surface area contributed by atoms with Crippen LogP contribution in [0.2, 0.25) is 0 Å². The third kappa shape index (κ3) is 4.09. The lowest BCUT2D eigenvalue weighted by Crippen LogP contribution is -2.38. The van der Waals surface area contributed by atoms with Crippen LogP contribution >= 0.6 is 0 Å². The van der Waals surface area contributed by atoms with E-state index in [1.165, 1.54) is 5.12 Å². The zero-order chi connectivity index (χ0) is 22.8. The number of hydrogen-bond acceptors (Lipinski definition) is 7. The van der Waals surface area contributed by atoms with Gasteiger partial charge in [-0.2, -0.15) is 15.3 Å². The summed E-state index contributed by atoms with van der Waals surface area (Å²) in [5.74, 6) is 0.872. The molecule has 1 amide bonds. The summed E-state index contributed by atoms with van der Waals surface area (Å²) in [6.07, 6.45) is 6.32. The summed E-state index contributed by atoms with van der Waals surface area (Å²) in [5.41, 5.74) is 3.86. The standard InChI is InChI=1S/C24H30N6O2/c1-6-27-30(25-5)22-9-7-15(2)11-20(22)24(31)29-19-8-10-21(29)18(12-19)14-32-23-17(4)26-13-16(3)28-23/h6-7,9,11,13,18-19,21H,5,8,10,12,14H2,1-4H3/b27-6-. The van der Waals surface area contributed by atoms with Crippen LogP contribution in [0.3, 0.4) is 0 Å². The van der Waals surface area contributed by atoms with Crippen LogP contribution in [0.4, 0.5) is 5.69 Å². The molecule has 2 aromatic rings. The highest BCUT2D eigenvalue weighted by molar-refractivity contribution is 6.00. The molecule has 3 heterocycles. The summed E-state index contributed by atoms with van der Waals surface area (Å²) in [4.78, 5) is 24.6. The van der Waals surface area contributed by atoms with Crippen LogP contribution in [0, 0.1) is 26.7 Å². The number of aromatic nitrogens is 2. The molecule has 0 saturated carbocycles. The van der Waals surface area contributed by atoms with Gasteiger partial charge in [0.2, 0.25) is 5.88 Å². The minimum atomic E-state index is 0.0187. The van der Waals surface area contributed by atoms with Crippen molar-refractivity contribution in [3.63, 3.8) is 0 Å². The van der Waals surface area contributed by atoms with Gasteiger partial charge in [0.25, 0.3) is 5.91 Å². The number of carbonyl (C=O) groups excluding carboxylic acids is 1. The Morgan fingerprint density at radius 1 is 1.34 bits per heavy atom. The van der Waals surface area contributed by atoms with Crippen LogP contribution in [0.15, 0.2) is 34.6 Å². The van der Waals surface area contributed by atoms with E-state index in [2.05, 4.69) is 31.8 Å². The molecule has 168 valence electrons. The van der Waals surface area contributed by atoms with Crippen molar-refractivity contribution >= 4 is 24.5 Å². The molecule has 4 rings (SSSR count). The molecule has 2 aliphatic rings. The Bertz CT molecular complexity index is 1050. The highest BCUT2D eigenvalue weighted by Crippen LogP contribution is 2.43. The van der Waals surface area contributed by atoms with Crippen molar-refractivity contribution in [3.05, 3.63) is 46.9 Å². The molecule has 3 atom stereocenters. The molecule has 0 N–H and O–H groups in total. The summed E-state index contributed by atoms with van der Waals surface area (Å²) in [7, 11) is 0. The van der Waals surface area contributed by atoms with Gasteiger partial charge in [0, 0.05) is 37.1 Å². The van der Waals surface area contributed by atoms with E-state index in [9.17, 15) is 4.79 Å². The van der Waals surface area contributed by atoms with Gasteiger partial charge in [-0.25, -0.2) is 4.98 Å². The van der Waals surface area contributed by atoms with E-state index in [0.717, 1.165) is 36.2 Å². The Kier molecular flexibility index (Phi) is 6.21. The lowest BCUT2D eigenvalue weighted by Gasteiger charge is -2.26. The Morgan fingerprint density at radius 3 is 2.91 bits per heavy atom. The van der Waals surface area contributed by atoms with Crippen LogP contribution < -0.4 is 9.85 Å². The summed E-state index contributed by atoms with van der Waals surface area (Å²) in [6, 6.07) is 6.12. The van der Waals surface area contributed by atoms with Crippen molar-refractivity contribution in [2.24, 2.45) is 16.1 Å². The van der Waals surface area contributed by atoms with Gasteiger partial charge in [-0.3, -0.25) is 9.78 Å². The highest BCUT2D eigenvalue weighted by atomic mass is 16.5. The molecule has 8 heteroatoms. The van der Waals surface area contributed by atoms with Crippen molar-refractivity contribution in [1.29, 1.82) is 0 Å². The minimum Gasteiger partial charge on any atom is -0.476 e. The first kappa shape index (κ1) is 21.9. The summed E-state index contributed by atoms with van der Waals surface area (Å²) < 4.78 is 6.06. The second-order valence-electron chi connectivity index (χ2n) is 8.54. The van der Waals surface area contributed by atoms with Crippen LogP contribution in [0.1, 0.15) is 53.5 Å². The number of carbonyl (C=O) groups is 1. The number of aryl methyl sites for hydroxylation is 3. The number of benzene rings is 1. The second kappa shape index (κ2) is 9.06. The predicted molar refractivity (Wildman–Crippen MR) is 125 cm³/mol. The van der Waals surface area contributed by atoms with Crippen LogP contribution in [0.25, 0.3) is 0 Å². The average Bonchev–Trinajstić information content (AvgIpc) is 3.35. The van der Waals surface area contributed by atoms with E-state index < -0.39 is 0 Å². The Hall–Kier alpha value is -3.29. The molecule has 2 aliphatic heterocycles. The van der Waals surface area contributed by atoms with Crippen molar-refractivity contribution in [3.8, 4) is 5.88 Å². The predicted octanol–water partition coefficient (Wildman–Crippen LogP) is 3.90. The largest absolute Gasteiger partial charge is 0.476 e. The SMILES string of the molecule is C=NN(/N=C\C)c1ccc(C)cc1C(=O)N1C2CCC1C(COc1nc(C)cnc1C)C2. The number of ether oxygens (including phenoxy) is 1. The maximum Gasteiger partial charge on any atom is 0.256 e. The van der Waals surface area contributed by atoms with Gasteiger partial charge < -0.3 is 9.64 Å². The zero-order valence-electron chi connectivity index (χ0n) is 19.2. The van der Waals surface area contributed by atoms with E-state index >= 15 is 0 Å². The fourth-order valence-electron chi connectivity index (χ4n) is 4.87. The maximum atomic E-state index is 13.7. The quantitative estimate of drug-likeness (QED) is 0.487. The normalized spacial score (nSPS) is 21.9. The van der Waals surface area contributed by atoms with Crippen LogP contribution in [-0.4, -0.2) is 52.4 Å². The topological polar surface area (TPSA) is 83.3 Å². The molecule has 2 saturated heterocycles. The van der Waals surface area contributed by atoms with E-state index in [0.29, 0.717) is 23.7 Å². The fourth-order valence-corrected chi connectivity index (χ4v) is 4.87. The third-order valence-electron chi connectivity index (χ3n) is 6.32. The van der Waals surface area contributed by atoms with Gasteiger partial charge >= 0.3 is 0 Å². The monoisotopic (exact) mass is 434 g/mol. The van der Waals surface area contributed by atoms with Gasteiger partial charge in [0.15, 0.2) is 0 Å². The van der Waals surface area contributed by atoms with Gasteiger partial charge in [-0.1, -0.05) is 11.6 Å². The average molecular weight is 435 g/mol. The number of hydrogen-bond donors (Lipinski definition) is 0. The van der Waals surface area contributed by atoms with Crippen molar-refractivity contribution in [2.75, 3.05) is 11.7 Å². The molecule has 32 heavy (non-hydrogen) atoms. The van der Waals surface area contributed by atoms with E-state index in [4.69, 9.17) is 4.74 Å². The molecule has 1 aromatic carbocycles. The van der Waals surface area contributed by atoms with Crippen LogP contribution in [0.5, 0.6) is 5.88 Å². The number of anilines is 1. The number of amides is 1. The molecule has 3 unspecified atom stereocenters. The third-order valence-corrected chi connectivity index (χ3v) is 6.32. The number of fused-ring (bicyclic) bond motifs is 2. The van der Waals surface area contributed by atoms with Gasteiger partial charge in [0.05, 0.1) is 29.2 Å². The van der Waals surface area contributed by atoms with Crippen LogP contribution in [-0.2, 0) is 0 Å². The maximum absolute atomic E-state index is 13.7. The molecule has 0 spiro atoms. The summed E-state index contributed by atoms with van der Waals surface area (Å²) in [5, 5.41) is 9.62. The van der Waals surface area contributed by atoms with E-state index in [-0.39, 0.29) is 23.9 Å². The number of hydrazone groups is 2. The van der Waals surface area contributed by atoms with Gasteiger partial charge in [0.1, 0.15) is 0 Å². The lowest BCUT2D eigenvalue weighted by atomic mass is 9.90. The molecule has 2 bridgehead atoms. The number of rotatable bonds is 7. The molecule has 0 aliphatic carbocycles. The highest BCUT2D eigenvalue weighted by Gasteiger charge is 2.49.